The maximum atomic E-state index is 12.8. The number of hydrogen-bond acceptors (Lipinski definition) is 5. The number of amides is 1. The number of aromatic nitrogens is 4. The summed E-state index contributed by atoms with van der Waals surface area (Å²) in [4.78, 5) is 19.0. The van der Waals surface area contributed by atoms with Crippen molar-refractivity contribution in [2.45, 2.75) is 12.5 Å². The number of likely N-dealkylation sites (tertiary alicyclic amines) is 1. The summed E-state index contributed by atoms with van der Waals surface area (Å²) in [7, 11) is 1.64. The van der Waals surface area contributed by atoms with Crippen LogP contribution in [0.4, 0.5) is 0 Å². The Hall–Kier alpha value is -3.22. The molecule has 1 saturated heterocycles. The molecule has 2 aromatic heterocycles. The van der Waals surface area contributed by atoms with E-state index in [2.05, 4.69) is 15.2 Å². The molecule has 1 aliphatic rings. The fourth-order valence-corrected chi connectivity index (χ4v) is 2.98. The van der Waals surface area contributed by atoms with Crippen LogP contribution in [0.15, 0.2) is 55.2 Å². The van der Waals surface area contributed by atoms with Crippen LogP contribution in [0.25, 0.3) is 5.82 Å². The van der Waals surface area contributed by atoms with Gasteiger partial charge in [0.25, 0.3) is 5.91 Å². The molecule has 1 atom stereocenters. The van der Waals surface area contributed by atoms with Crippen LogP contribution in [0.3, 0.4) is 0 Å². The van der Waals surface area contributed by atoms with Crippen LogP contribution in [0.2, 0.25) is 0 Å². The van der Waals surface area contributed by atoms with Crippen LogP contribution in [-0.4, -0.2) is 44.2 Å². The molecule has 1 fully saturated rings. The Kier molecular flexibility index (Phi) is 3.89. The standard InChI is InChI=1S/C18H17N5O2/c1-25-15-4-2-3-13(9-15)16-7-8-23(16)18(24)14-5-6-17(19-10-14)22-11-20-21-12-22/h2-6,9-12,16H,7-8H2,1H3/t16-/m0/s1. The molecule has 1 aromatic carbocycles. The molecule has 7 heteroatoms. The summed E-state index contributed by atoms with van der Waals surface area (Å²) in [6, 6.07) is 11.5. The van der Waals surface area contributed by atoms with E-state index in [1.165, 1.54) is 0 Å². The summed E-state index contributed by atoms with van der Waals surface area (Å²) in [6.07, 6.45) is 5.68. The van der Waals surface area contributed by atoms with E-state index in [-0.39, 0.29) is 11.9 Å². The molecule has 3 heterocycles. The van der Waals surface area contributed by atoms with Crippen LogP contribution in [0.1, 0.15) is 28.4 Å². The first kappa shape index (κ1) is 15.3. The Balaban J connectivity index is 1.52. The summed E-state index contributed by atoms with van der Waals surface area (Å²) in [5, 5.41) is 7.50. The number of pyridine rings is 1. The molecule has 0 saturated carbocycles. The molecule has 0 radical (unpaired) electrons. The zero-order chi connectivity index (χ0) is 17.2. The van der Waals surface area contributed by atoms with Crippen molar-refractivity contribution in [3.63, 3.8) is 0 Å². The fourth-order valence-electron chi connectivity index (χ4n) is 2.98. The molecule has 0 unspecified atom stereocenters. The average Bonchev–Trinajstić information content (AvgIpc) is 3.16. The van der Waals surface area contributed by atoms with Gasteiger partial charge in [-0.15, -0.1) is 10.2 Å². The summed E-state index contributed by atoms with van der Waals surface area (Å²) in [5.74, 6) is 1.47. The third kappa shape index (κ3) is 2.84. The first-order valence-electron chi connectivity index (χ1n) is 8.02. The summed E-state index contributed by atoms with van der Waals surface area (Å²) < 4.78 is 6.97. The van der Waals surface area contributed by atoms with Crippen LogP contribution in [0, 0.1) is 0 Å². The van der Waals surface area contributed by atoms with E-state index in [1.807, 2.05) is 29.2 Å². The molecule has 7 nitrogen and oxygen atoms in total. The van der Waals surface area contributed by atoms with Gasteiger partial charge < -0.3 is 9.64 Å². The van der Waals surface area contributed by atoms with E-state index in [1.54, 1.807) is 42.7 Å². The molecule has 126 valence electrons. The Bertz CT molecular complexity index is 877. The van der Waals surface area contributed by atoms with E-state index < -0.39 is 0 Å². The van der Waals surface area contributed by atoms with Crippen LogP contribution >= 0.6 is 0 Å². The van der Waals surface area contributed by atoms with Crippen molar-refractivity contribution in [1.29, 1.82) is 0 Å². The average molecular weight is 335 g/mol. The number of nitrogens with zero attached hydrogens (tertiary/aromatic N) is 5. The molecule has 0 N–H and O–H groups in total. The van der Waals surface area contributed by atoms with Gasteiger partial charge in [0, 0.05) is 12.7 Å². The Morgan fingerprint density at radius 2 is 2.04 bits per heavy atom. The molecule has 25 heavy (non-hydrogen) atoms. The van der Waals surface area contributed by atoms with Gasteiger partial charge in [-0.05, 0) is 36.2 Å². The molecular formula is C18H17N5O2. The molecule has 4 rings (SSSR count). The predicted molar refractivity (Wildman–Crippen MR) is 90.5 cm³/mol. The van der Waals surface area contributed by atoms with Crippen molar-refractivity contribution in [3.8, 4) is 11.6 Å². The van der Waals surface area contributed by atoms with Crippen molar-refractivity contribution in [2.75, 3.05) is 13.7 Å². The van der Waals surface area contributed by atoms with Crippen molar-refractivity contribution < 1.29 is 9.53 Å². The number of carbonyl (C=O) groups is 1. The van der Waals surface area contributed by atoms with Crippen LogP contribution in [0.5, 0.6) is 5.75 Å². The Morgan fingerprint density at radius 1 is 1.20 bits per heavy atom. The number of rotatable bonds is 4. The maximum absolute atomic E-state index is 12.8. The normalized spacial score (nSPS) is 16.4. The first-order valence-corrected chi connectivity index (χ1v) is 8.02. The quantitative estimate of drug-likeness (QED) is 0.731. The van der Waals surface area contributed by atoms with Gasteiger partial charge in [-0.2, -0.15) is 0 Å². The summed E-state index contributed by atoms with van der Waals surface area (Å²) >= 11 is 0. The Morgan fingerprint density at radius 3 is 2.68 bits per heavy atom. The minimum atomic E-state index is -0.0122. The van der Waals surface area contributed by atoms with Crippen molar-refractivity contribution in [1.82, 2.24) is 24.6 Å². The van der Waals surface area contributed by atoms with Gasteiger partial charge in [0.05, 0.1) is 18.7 Å². The van der Waals surface area contributed by atoms with Gasteiger partial charge in [-0.1, -0.05) is 12.1 Å². The second-order valence-corrected chi connectivity index (χ2v) is 5.85. The molecule has 1 aliphatic heterocycles. The lowest BCUT2D eigenvalue weighted by atomic mass is 9.93. The number of carbonyl (C=O) groups excluding carboxylic acids is 1. The lowest BCUT2D eigenvalue weighted by Crippen LogP contribution is -2.45. The highest BCUT2D eigenvalue weighted by molar-refractivity contribution is 5.94. The zero-order valence-corrected chi connectivity index (χ0v) is 13.7. The Labute approximate surface area is 144 Å². The SMILES string of the molecule is COc1cccc([C@@H]2CCN2C(=O)c2ccc(-n3cnnc3)nc2)c1. The molecule has 0 aliphatic carbocycles. The molecular weight excluding hydrogens is 318 g/mol. The second kappa shape index (κ2) is 6.35. The van der Waals surface area contributed by atoms with Gasteiger partial charge in [0.15, 0.2) is 0 Å². The monoisotopic (exact) mass is 335 g/mol. The highest BCUT2D eigenvalue weighted by Gasteiger charge is 2.34. The van der Waals surface area contributed by atoms with E-state index in [0.29, 0.717) is 11.4 Å². The first-order chi connectivity index (χ1) is 12.3. The van der Waals surface area contributed by atoms with Crippen molar-refractivity contribution in [3.05, 3.63) is 66.4 Å². The number of hydrogen-bond donors (Lipinski definition) is 0. The summed E-state index contributed by atoms with van der Waals surface area (Å²) in [5.41, 5.74) is 1.66. The second-order valence-electron chi connectivity index (χ2n) is 5.85. The minimum absolute atomic E-state index is 0.0122. The smallest absolute Gasteiger partial charge is 0.255 e. The van der Waals surface area contributed by atoms with Gasteiger partial charge in [-0.25, -0.2) is 4.98 Å². The number of ether oxygens (including phenoxy) is 1. The van der Waals surface area contributed by atoms with E-state index in [0.717, 1.165) is 24.3 Å². The lowest BCUT2D eigenvalue weighted by Gasteiger charge is -2.41. The maximum Gasteiger partial charge on any atom is 0.255 e. The van der Waals surface area contributed by atoms with E-state index >= 15 is 0 Å². The fraction of sp³-hybridized carbons (Fsp3) is 0.222. The van der Waals surface area contributed by atoms with Gasteiger partial charge in [-0.3, -0.25) is 9.36 Å². The molecule has 0 spiro atoms. The number of benzene rings is 1. The topological polar surface area (TPSA) is 73.1 Å². The zero-order valence-electron chi connectivity index (χ0n) is 13.7. The summed E-state index contributed by atoms with van der Waals surface area (Å²) in [6.45, 7) is 0.744. The van der Waals surface area contributed by atoms with Crippen LogP contribution < -0.4 is 4.74 Å². The highest BCUT2D eigenvalue weighted by Crippen LogP contribution is 2.35. The predicted octanol–water partition coefficient (Wildman–Crippen LogP) is 2.26. The molecule has 0 bridgehead atoms. The third-order valence-electron chi connectivity index (χ3n) is 4.44. The molecule has 1 amide bonds. The number of methoxy groups -OCH3 is 1. The van der Waals surface area contributed by atoms with Crippen molar-refractivity contribution >= 4 is 5.91 Å². The van der Waals surface area contributed by atoms with Crippen LogP contribution in [-0.2, 0) is 0 Å². The van der Waals surface area contributed by atoms with E-state index in [9.17, 15) is 4.79 Å². The highest BCUT2D eigenvalue weighted by atomic mass is 16.5. The minimum Gasteiger partial charge on any atom is -0.497 e. The van der Waals surface area contributed by atoms with Gasteiger partial charge >= 0.3 is 0 Å². The van der Waals surface area contributed by atoms with Gasteiger partial charge in [0.2, 0.25) is 0 Å². The van der Waals surface area contributed by atoms with Crippen molar-refractivity contribution in [2.24, 2.45) is 0 Å². The lowest BCUT2D eigenvalue weighted by molar-refractivity contribution is 0.0459. The van der Waals surface area contributed by atoms with Gasteiger partial charge in [0.1, 0.15) is 24.2 Å². The van der Waals surface area contributed by atoms with E-state index in [4.69, 9.17) is 4.74 Å². The largest absolute Gasteiger partial charge is 0.497 e. The molecule has 3 aromatic rings. The third-order valence-corrected chi connectivity index (χ3v) is 4.44.